The highest BCUT2D eigenvalue weighted by atomic mass is 32.2. The van der Waals surface area contributed by atoms with Crippen LogP contribution in [-0.2, 0) is 16.9 Å². The number of anilines is 1. The van der Waals surface area contributed by atoms with Gasteiger partial charge in [0.2, 0.25) is 0 Å². The van der Waals surface area contributed by atoms with Crippen LogP contribution in [0, 0.1) is 0 Å². The third-order valence-corrected chi connectivity index (χ3v) is 6.32. The molecule has 0 saturated heterocycles. The third-order valence-electron chi connectivity index (χ3n) is 5.42. The van der Waals surface area contributed by atoms with Crippen molar-refractivity contribution < 1.29 is 18.7 Å². The fourth-order valence-electron chi connectivity index (χ4n) is 3.89. The number of rotatable bonds is 5. The van der Waals surface area contributed by atoms with E-state index in [-0.39, 0.29) is 5.91 Å². The van der Waals surface area contributed by atoms with Crippen molar-refractivity contribution >= 4 is 40.3 Å². The van der Waals surface area contributed by atoms with Gasteiger partial charge in [-0.15, -0.1) is 0 Å². The van der Waals surface area contributed by atoms with Gasteiger partial charge in [-0.05, 0) is 42.3 Å². The Morgan fingerprint density at radius 3 is 2.75 bits per heavy atom. The predicted molar refractivity (Wildman–Crippen MR) is 121 cm³/mol. The molecule has 0 fully saturated rings. The minimum absolute atomic E-state index is 0.199. The quantitative estimate of drug-likeness (QED) is 0.254. The maximum absolute atomic E-state index is 13.6. The molecule has 7 nitrogen and oxygen atoms in total. The van der Waals surface area contributed by atoms with Gasteiger partial charge in [0.25, 0.3) is 5.91 Å². The highest BCUT2D eigenvalue weighted by molar-refractivity contribution is 7.98. The molecule has 32 heavy (non-hydrogen) atoms. The van der Waals surface area contributed by atoms with E-state index in [9.17, 15) is 9.59 Å². The monoisotopic (exact) mass is 445 g/mol. The van der Waals surface area contributed by atoms with E-state index in [0.717, 1.165) is 22.2 Å². The molecule has 4 aromatic rings. The number of nitrogens with zero attached hydrogens (tertiary/aromatic N) is 3. The molecule has 0 radical (unpaired) electrons. The number of benzene rings is 2. The van der Waals surface area contributed by atoms with Gasteiger partial charge >= 0.3 is 5.97 Å². The molecule has 0 unspecified atom stereocenters. The smallest absolute Gasteiger partial charge is 0.337 e. The summed E-state index contributed by atoms with van der Waals surface area (Å²) in [4.78, 5) is 35.7. The van der Waals surface area contributed by atoms with Crippen LogP contribution in [0.2, 0.25) is 0 Å². The molecule has 0 saturated carbocycles. The number of ether oxygens (including phenoxy) is 1. The van der Waals surface area contributed by atoms with Gasteiger partial charge in [-0.3, -0.25) is 4.79 Å². The van der Waals surface area contributed by atoms with Crippen molar-refractivity contribution in [2.24, 2.45) is 0 Å². The Bertz CT molecular complexity index is 1320. The molecule has 1 aliphatic rings. The van der Waals surface area contributed by atoms with Crippen molar-refractivity contribution in [3.63, 3.8) is 0 Å². The van der Waals surface area contributed by atoms with Gasteiger partial charge in [-0.2, -0.15) is 0 Å². The first-order valence-electron chi connectivity index (χ1n) is 10.1. The highest BCUT2D eigenvalue weighted by Crippen LogP contribution is 2.35. The molecule has 0 bridgehead atoms. The predicted octanol–water partition coefficient (Wildman–Crippen LogP) is 4.50. The maximum Gasteiger partial charge on any atom is 0.337 e. The summed E-state index contributed by atoms with van der Waals surface area (Å²) < 4.78 is 10.8. The van der Waals surface area contributed by atoms with Gasteiger partial charge < -0.3 is 14.1 Å². The fourth-order valence-corrected chi connectivity index (χ4v) is 4.72. The van der Waals surface area contributed by atoms with Crippen LogP contribution < -0.4 is 4.90 Å². The Balaban J connectivity index is 1.49. The molecule has 160 valence electrons. The SMILES string of the molecule is COC(=O)c1ccc2c(c1)CCN2C(=O)c1oc2ccccc2c1CSc1ncccn1. The van der Waals surface area contributed by atoms with Crippen molar-refractivity contribution in [1.29, 1.82) is 0 Å². The molecule has 5 rings (SSSR count). The molecule has 2 aromatic carbocycles. The number of carbonyl (C=O) groups excluding carboxylic acids is 2. The average molecular weight is 446 g/mol. The van der Waals surface area contributed by atoms with Gasteiger partial charge in [-0.1, -0.05) is 30.0 Å². The van der Waals surface area contributed by atoms with E-state index >= 15 is 0 Å². The molecule has 0 atom stereocenters. The summed E-state index contributed by atoms with van der Waals surface area (Å²) in [6.45, 7) is 0.518. The van der Waals surface area contributed by atoms with Gasteiger partial charge in [0.05, 0.1) is 12.7 Å². The fraction of sp³-hybridized carbons (Fsp3) is 0.167. The molecule has 8 heteroatoms. The second kappa shape index (κ2) is 8.47. The first-order valence-corrected chi connectivity index (χ1v) is 11.1. The number of furan rings is 1. The minimum atomic E-state index is -0.391. The van der Waals surface area contributed by atoms with Crippen LogP contribution in [-0.4, -0.2) is 35.5 Å². The number of carbonyl (C=O) groups is 2. The van der Waals surface area contributed by atoms with Crippen molar-refractivity contribution in [3.8, 4) is 0 Å². The number of amides is 1. The Kier molecular flexibility index (Phi) is 5.36. The topological polar surface area (TPSA) is 85.5 Å². The molecule has 1 amide bonds. The van der Waals surface area contributed by atoms with Crippen LogP contribution in [0.1, 0.15) is 32.0 Å². The van der Waals surface area contributed by atoms with Crippen LogP contribution in [0.25, 0.3) is 11.0 Å². The zero-order valence-electron chi connectivity index (χ0n) is 17.3. The van der Waals surface area contributed by atoms with E-state index < -0.39 is 5.97 Å². The first kappa shape index (κ1) is 20.3. The minimum Gasteiger partial charge on any atom is -0.465 e. The Hall–Kier alpha value is -3.65. The van der Waals surface area contributed by atoms with Gasteiger partial charge in [0.15, 0.2) is 10.9 Å². The van der Waals surface area contributed by atoms with Gasteiger partial charge in [0.1, 0.15) is 5.58 Å². The summed E-state index contributed by atoms with van der Waals surface area (Å²) >= 11 is 1.46. The van der Waals surface area contributed by atoms with Crippen molar-refractivity contribution in [2.75, 3.05) is 18.6 Å². The van der Waals surface area contributed by atoms with Crippen LogP contribution in [0.4, 0.5) is 5.69 Å². The van der Waals surface area contributed by atoms with E-state index in [1.165, 1.54) is 18.9 Å². The normalized spacial score (nSPS) is 12.7. The zero-order valence-corrected chi connectivity index (χ0v) is 18.1. The Morgan fingerprint density at radius 1 is 1.12 bits per heavy atom. The molecule has 2 aromatic heterocycles. The van der Waals surface area contributed by atoms with Crippen LogP contribution in [0.5, 0.6) is 0 Å². The van der Waals surface area contributed by atoms with E-state index in [4.69, 9.17) is 9.15 Å². The molecular formula is C24H19N3O4S. The lowest BCUT2D eigenvalue weighted by atomic mass is 10.1. The van der Waals surface area contributed by atoms with Crippen molar-refractivity contribution in [2.45, 2.75) is 17.3 Å². The summed E-state index contributed by atoms with van der Waals surface area (Å²) in [5, 5.41) is 1.54. The zero-order chi connectivity index (χ0) is 22.1. The number of esters is 1. The maximum atomic E-state index is 13.6. The summed E-state index contributed by atoms with van der Waals surface area (Å²) in [6.07, 6.45) is 4.05. The second-order valence-electron chi connectivity index (χ2n) is 7.27. The molecule has 3 heterocycles. The van der Waals surface area contributed by atoms with Gasteiger partial charge in [-0.25, -0.2) is 14.8 Å². The standard InChI is InChI=1S/C24H19N3O4S/c1-30-23(29)16-7-8-19-15(13-16)9-12-27(19)22(28)21-18(14-32-24-25-10-4-11-26-24)17-5-2-3-6-20(17)31-21/h2-8,10-11,13H,9,12,14H2,1H3. The third kappa shape index (κ3) is 3.62. The lowest BCUT2D eigenvalue weighted by molar-refractivity contribution is 0.0600. The second-order valence-corrected chi connectivity index (χ2v) is 8.21. The van der Waals surface area contributed by atoms with Crippen LogP contribution >= 0.6 is 11.8 Å². The van der Waals surface area contributed by atoms with E-state index in [1.54, 1.807) is 41.6 Å². The number of para-hydroxylation sites is 1. The number of thioether (sulfide) groups is 1. The average Bonchev–Trinajstić information content (AvgIpc) is 3.43. The number of fused-ring (bicyclic) bond motifs is 2. The largest absolute Gasteiger partial charge is 0.465 e. The van der Waals surface area contributed by atoms with Crippen molar-refractivity contribution in [1.82, 2.24) is 9.97 Å². The van der Waals surface area contributed by atoms with E-state index in [0.29, 0.717) is 40.8 Å². The summed E-state index contributed by atoms with van der Waals surface area (Å²) in [6, 6.07) is 14.7. The lowest BCUT2D eigenvalue weighted by Crippen LogP contribution is -2.29. The molecule has 0 N–H and O–H groups in total. The number of methoxy groups -OCH3 is 1. The number of hydrogen-bond donors (Lipinski definition) is 0. The Morgan fingerprint density at radius 2 is 1.94 bits per heavy atom. The van der Waals surface area contributed by atoms with Crippen molar-refractivity contribution in [3.05, 3.63) is 83.4 Å². The summed E-state index contributed by atoms with van der Waals surface area (Å²) in [7, 11) is 1.35. The molecule has 0 spiro atoms. The number of hydrogen-bond acceptors (Lipinski definition) is 7. The molecule has 0 aliphatic carbocycles. The summed E-state index contributed by atoms with van der Waals surface area (Å²) in [5.41, 5.74) is 3.69. The lowest BCUT2D eigenvalue weighted by Gasteiger charge is -2.17. The van der Waals surface area contributed by atoms with Gasteiger partial charge in [0, 0.05) is 41.3 Å². The van der Waals surface area contributed by atoms with E-state index in [1.807, 2.05) is 24.3 Å². The van der Waals surface area contributed by atoms with Crippen LogP contribution in [0.15, 0.2) is 70.5 Å². The number of aromatic nitrogens is 2. The first-order chi connectivity index (χ1) is 15.7. The van der Waals surface area contributed by atoms with E-state index in [2.05, 4.69) is 9.97 Å². The van der Waals surface area contributed by atoms with Crippen LogP contribution in [0.3, 0.4) is 0 Å². The molecule has 1 aliphatic heterocycles. The highest BCUT2D eigenvalue weighted by Gasteiger charge is 2.31. The Labute approximate surface area is 188 Å². The summed E-state index contributed by atoms with van der Waals surface area (Å²) in [5.74, 6) is 0.233. The molecular weight excluding hydrogens is 426 g/mol.